The second kappa shape index (κ2) is 10.7. The van der Waals surface area contributed by atoms with E-state index in [-0.39, 0.29) is 5.60 Å². The highest BCUT2D eigenvalue weighted by Crippen LogP contribution is 2.41. The van der Waals surface area contributed by atoms with Crippen LogP contribution in [0.4, 0.5) is 5.82 Å². The first-order chi connectivity index (χ1) is 19.1. The summed E-state index contributed by atoms with van der Waals surface area (Å²) in [5, 5.41) is 17.4. The number of nitrogens with one attached hydrogen (secondary N) is 1. The molecule has 2 aliphatic carbocycles. The van der Waals surface area contributed by atoms with Crippen LogP contribution in [-0.2, 0) is 14.2 Å². The average Bonchev–Trinajstić information content (AvgIpc) is 3.46. The van der Waals surface area contributed by atoms with Crippen molar-refractivity contribution in [3.05, 3.63) is 23.9 Å². The van der Waals surface area contributed by atoms with Crippen LogP contribution >= 0.6 is 0 Å². The highest BCUT2D eigenvalue weighted by molar-refractivity contribution is 5.44. The fourth-order valence-electron chi connectivity index (χ4n) is 6.98. The molecule has 0 aromatic carbocycles. The predicted octanol–water partition coefficient (Wildman–Crippen LogP) is 3.68. The average molecular weight is 538 g/mol. The van der Waals surface area contributed by atoms with Crippen LogP contribution in [0.3, 0.4) is 0 Å². The highest BCUT2D eigenvalue weighted by Gasteiger charge is 2.40. The summed E-state index contributed by atoms with van der Waals surface area (Å²) in [6.07, 6.45) is 12.1. The van der Waals surface area contributed by atoms with Gasteiger partial charge in [0.2, 0.25) is 0 Å². The van der Waals surface area contributed by atoms with E-state index in [1.165, 1.54) is 32.2 Å². The molecule has 5 fully saturated rings. The van der Waals surface area contributed by atoms with Gasteiger partial charge in [-0.05, 0) is 63.2 Å². The van der Waals surface area contributed by atoms with Gasteiger partial charge in [0.05, 0.1) is 43.9 Å². The first-order valence-electron chi connectivity index (χ1n) is 15.1. The van der Waals surface area contributed by atoms with Crippen LogP contribution in [0, 0.1) is 5.41 Å². The van der Waals surface area contributed by atoms with Crippen molar-refractivity contribution >= 4 is 5.82 Å². The summed E-state index contributed by atoms with van der Waals surface area (Å²) in [6, 6.07) is 2.52. The van der Waals surface area contributed by atoms with Crippen molar-refractivity contribution in [1.29, 1.82) is 0 Å². The zero-order valence-corrected chi connectivity index (χ0v) is 23.3. The van der Waals surface area contributed by atoms with E-state index in [0.717, 1.165) is 101 Å². The lowest BCUT2D eigenvalue weighted by atomic mass is 9.73. The fraction of sp³-hybridized carbons (Fsp3) is 0.793. The molecule has 0 bridgehead atoms. The minimum Gasteiger partial charge on any atom is -0.381 e. The number of anilines is 1. The summed E-state index contributed by atoms with van der Waals surface area (Å²) in [5.74, 6) is 3.61. The van der Waals surface area contributed by atoms with Crippen LogP contribution in [0.25, 0.3) is 5.69 Å². The van der Waals surface area contributed by atoms with Crippen molar-refractivity contribution in [2.24, 2.45) is 5.41 Å². The van der Waals surface area contributed by atoms with Gasteiger partial charge in [0.15, 0.2) is 11.6 Å². The van der Waals surface area contributed by atoms with Gasteiger partial charge < -0.3 is 24.4 Å². The van der Waals surface area contributed by atoms with E-state index in [0.29, 0.717) is 23.3 Å². The van der Waals surface area contributed by atoms with Gasteiger partial charge in [0, 0.05) is 50.2 Å². The molecular formula is C29H43N7O3. The Bertz CT molecular complexity index is 1120. The lowest BCUT2D eigenvalue weighted by Gasteiger charge is -2.47. The second-order valence-corrected chi connectivity index (χ2v) is 13.0. The second-order valence-electron chi connectivity index (χ2n) is 13.0. The molecule has 2 saturated carbocycles. The van der Waals surface area contributed by atoms with E-state index < -0.39 is 0 Å². The number of aromatic nitrogens is 5. The molecule has 1 atom stereocenters. The number of hydrogen-bond donors (Lipinski definition) is 1. The smallest absolute Gasteiger partial charge is 0.156 e. The zero-order chi connectivity index (χ0) is 26.3. The van der Waals surface area contributed by atoms with Crippen LogP contribution in [0.1, 0.15) is 88.2 Å². The van der Waals surface area contributed by atoms with Crippen molar-refractivity contribution in [3.8, 4) is 5.69 Å². The monoisotopic (exact) mass is 537 g/mol. The van der Waals surface area contributed by atoms with Crippen LogP contribution in [0.2, 0.25) is 0 Å². The summed E-state index contributed by atoms with van der Waals surface area (Å²) < 4.78 is 19.5. The van der Waals surface area contributed by atoms with Gasteiger partial charge in [-0.1, -0.05) is 6.92 Å². The third-order valence-corrected chi connectivity index (χ3v) is 9.69. The SMILES string of the molecule is CC1(CN2CCC3(CC2)COCCO3)CCC(Nc2cc(-n3nc([C@H]4CCOC4)nc3C3CC3)cnn2)CC1. The molecule has 3 saturated heterocycles. The van der Waals surface area contributed by atoms with Crippen molar-refractivity contribution in [1.82, 2.24) is 29.9 Å². The third-order valence-electron chi connectivity index (χ3n) is 9.69. The minimum absolute atomic E-state index is 0.0229. The largest absolute Gasteiger partial charge is 0.381 e. The maximum Gasteiger partial charge on any atom is 0.156 e. The molecule has 10 heteroatoms. The van der Waals surface area contributed by atoms with Crippen LogP contribution in [0.5, 0.6) is 0 Å². The summed E-state index contributed by atoms with van der Waals surface area (Å²) in [4.78, 5) is 7.61. The predicted molar refractivity (Wildman–Crippen MR) is 146 cm³/mol. The molecular weight excluding hydrogens is 494 g/mol. The Kier molecular flexibility index (Phi) is 7.07. The third kappa shape index (κ3) is 5.71. The molecule has 212 valence electrons. The molecule has 1 N–H and O–H groups in total. The van der Waals surface area contributed by atoms with Crippen molar-refractivity contribution in [3.63, 3.8) is 0 Å². The maximum absolute atomic E-state index is 6.14. The van der Waals surface area contributed by atoms with Gasteiger partial charge in [-0.3, -0.25) is 0 Å². The number of ether oxygens (including phenoxy) is 3. The molecule has 0 amide bonds. The van der Waals surface area contributed by atoms with E-state index in [9.17, 15) is 0 Å². The molecule has 5 aliphatic rings. The molecule has 3 aliphatic heterocycles. The van der Waals surface area contributed by atoms with Gasteiger partial charge in [-0.15, -0.1) is 5.10 Å². The molecule has 0 radical (unpaired) electrons. The van der Waals surface area contributed by atoms with E-state index in [1.54, 1.807) is 0 Å². The maximum atomic E-state index is 6.14. The van der Waals surface area contributed by atoms with Crippen molar-refractivity contribution in [2.45, 2.75) is 88.2 Å². The van der Waals surface area contributed by atoms with E-state index >= 15 is 0 Å². The van der Waals surface area contributed by atoms with Gasteiger partial charge in [0.1, 0.15) is 5.82 Å². The number of rotatable bonds is 7. The summed E-state index contributed by atoms with van der Waals surface area (Å²) >= 11 is 0. The van der Waals surface area contributed by atoms with E-state index in [2.05, 4.69) is 33.4 Å². The Labute approximate surface area is 231 Å². The first-order valence-corrected chi connectivity index (χ1v) is 15.1. The van der Waals surface area contributed by atoms with E-state index in [1.807, 2.05) is 10.9 Å². The van der Waals surface area contributed by atoms with Gasteiger partial charge >= 0.3 is 0 Å². The zero-order valence-electron chi connectivity index (χ0n) is 23.3. The lowest BCUT2D eigenvalue weighted by molar-refractivity contribution is -0.178. The van der Waals surface area contributed by atoms with Gasteiger partial charge in [0.25, 0.3) is 0 Å². The van der Waals surface area contributed by atoms with Crippen molar-refractivity contribution in [2.75, 3.05) is 58.0 Å². The van der Waals surface area contributed by atoms with Crippen molar-refractivity contribution < 1.29 is 14.2 Å². The molecule has 7 rings (SSSR count). The quantitative estimate of drug-likeness (QED) is 0.567. The Morgan fingerprint density at radius 1 is 0.974 bits per heavy atom. The number of likely N-dealkylation sites (tertiary alicyclic amines) is 1. The fourth-order valence-corrected chi connectivity index (χ4v) is 6.98. The molecule has 1 spiro atoms. The van der Waals surface area contributed by atoms with Gasteiger partial charge in [-0.2, -0.15) is 10.2 Å². The molecule has 39 heavy (non-hydrogen) atoms. The summed E-state index contributed by atoms with van der Waals surface area (Å²) in [5.41, 5.74) is 1.29. The Balaban J connectivity index is 0.951. The Morgan fingerprint density at radius 2 is 1.82 bits per heavy atom. The Hall–Kier alpha value is -2.14. The van der Waals surface area contributed by atoms with Crippen LogP contribution < -0.4 is 5.32 Å². The molecule has 2 aromatic rings. The normalized spacial score (nSPS) is 31.5. The summed E-state index contributed by atoms with van der Waals surface area (Å²) in [7, 11) is 0. The number of piperidine rings is 1. The number of hydrogen-bond acceptors (Lipinski definition) is 9. The van der Waals surface area contributed by atoms with E-state index in [4.69, 9.17) is 24.3 Å². The molecule has 2 aromatic heterocycles. The number of nitrogens with zero attached hydrogens (tertiary/aromatic N) is 6. The van der Waals surface area contributed by atoms with Crippen LogP contribution in [-0.4, -0.2) is 94.2 Å². The molecule has 5 heterocycles. The highest BCUT2D eigenvalue weighted by atomic mass is 16.6. The molecule has 10 nitrogen and oxygen atoms in total. The topological polar surface area (TPSA) is 99.5 Å². The lowest BCUT2D eigenvalue weighted by Crippen LogP contribution is -2.53. The molecule has 0 unspecified atom stereocenters. The van der Waals surface area contributed by atoms with Gasteiger partial charge in [-0.25, -0.2) is 9.67 Å². The standard InChI is InChI=1S/C29H43N7O3/c1-28(19-35-11-9-29(10-12-35)20-38-14-15-39-29)7-4-23(5-8-28)31-25-16-24(17-30-33-25)36-27(21-2-3-21)32-26(34-36)22-6-13-37-18-22/h16-17,21-23H,2-15,18-20H2,1H3,(H,31,33)/t22-,23?,28?/m0/s1. The first kappa shape index (κ1) is 25.8. The Morgan fingerprint density at radius 3 is 2.54 bits per heavy atom. The van der Waals surface area contributed by atoms with Crippen LogP contribution in [0.15, 0.2) is 12.3 Å². The minimum atomic E-state index is -0.0229. The summed E-state index contributed by atoms with van der Waals surface area (Å²) in [6.45, 7) is 9.66.